The normalized spacial score (nSPS) is 12.7. The van der Waals surface area contributed by atoms with Gasteiger partial charge in [-0.15, -0.1) is 0 Å². The maximum absolute atomic E-state index is 4.55. The zero-order valence-corrected chi connectivity index (χ0v) is 11.2. The van der Waals surface area contributed by atoms with Gasteiger partial charge >= 0.3 is 0 Å². The molecular weight excluding hydrogens is 186 g/mol. The molecule has 0 aromatic heterocycles. The minimum absolute atomic E-state index is 0.523. The average Bonchev–Trinajstić information content (AvgIpc) is 2.12. The van der Waals surface area contributed by atoms with E-state index in [0.717, 1.165) is 19.6 Å². The highest BCUT2D eigenvalue weighted by atomic mass is 15.2. The van der Waals surface area contributed by atoms with Crippen molar-refractivity contribution in [2.24, 2.45) is 10.9 Å². The molecule has 0 heterocycles. The van der Waals surface area contributed by atoms with Crippen molar-refractivity contribution in [2.45, 2.75) is 27.2 Å². The molecule has 0 spiro atoms. The van der Waals surface area contributed by atoms with Crippen molar-refractivity contribution in [2.75, 3.05) is 40.8 Å². The Labute approximate surface area is 95.2 Å². The minimum Gasteiger partial charge on any atom is -0.363 e. The molecule has 0 fully saturated rings. The Bertz CT molecular complexity index is 185. The van der Waals surface area contributed by atoms with Crippen molar-refractivity contribution < 1.29 is 0 Å². The predicted molar refractivity (Wildman–Crippen MR) is 68.6 cm³/mol. The van der Waals surface area contributed by atoms with Crippen molar-refractivity contribution in [1.82, 2.24) is 9.80 Å². The molecule has 0 bridgehead atoms. The molecule has 0 radical (unpaired) electrons. The molecule has 0 saturated heterocycles. The second-order valence-corrected chi connectivity index (χ2v) is 4.57. The van der Waals surface area contributed by atoms with Gasteiger partial charge in [-0.25, -0.2) is 0 Å². The van der Waals surface area contributed by atoms with E-state index in [1.54, 1.807) is 0 Å². The first-order valence-corrected chi connectivity index (χ1v) is 5.89. The lowest BCUT2D eigenvalue weighted by Crippen LogP contribution is -2.33. The van der Waals surface area contributed by atoms with E-state index in [4.69, 9.17) is 0 Å². The van der Waals surface area contributed by atoms with Crippen LogP contribution < -0.4 is 0 Å². The summed E-state index contributed by atoms with van der Waals surface area (Å²) in [6.07, 6.45) is 1.19. The van der Waals surface area contributed by atoms with Gasteiger partial charge in [-0.05, 0) is 34.0 Å². The Morgan fingerprint density at radius 2 is 1.73 bits per heavy atom. The standard InChI is InChI=1S/C12H27N3/c1-7-13-12(11(2)3)15(6)10-8-9-14(4)5/h11H,7-10H2,1-6H3/b13-12+. The number of rotatable bonds is 6. The summed E-state index contributed by atoms with van der Waals surface area (Å²) in [5, 5.41) is 0. The van der Waals surface area contributed by atoms with E-state index in [1.165, 1.54) is 12.3 Å². The molecule has 3 heteroatoms. The van der Waals surface area contributed by atoms with Gasteiger partial charge in [0.05, 0.1) is 0 Å². The van der Waals surface area contributed by atoms with Crippen LogP contribution in [0.2, 0.25) is 0 Å². The van der Waals surface area contributed by atoms with Crippen LogP contribution in [0, 0.1) is 5.92 Å². The smallest absolute Gasteiger partial charge is 0.101 e. The van der Waals surface area contributed by atoms with Crippen LogP contribution >= 0.6 is 0 Å². The van der Waals surface area contributed by atoms with Gasteiger partial charge in [-0.1, -0.05) is 13.8 Å². The Kier molecular flexibility index (Phi) is 7.39. The lowest BCUT2D eigenvalue weighted by Gasteiger charge is -2.24. The van der Waals surface area contributed by atoms with E-state index in [9.17, 15) is 0 Å². The first-order valence-electron chi connectivity index (χ1n) is 5.89. The van der Waals surface area contributed by atoms with Crippen LogP contribution in [0.25, 0.3) is 0 Å². The third-order valence-corrected chi connectivity index (χ3v) is 2.33. The fraction of sp³-hybridized carbons (Fsp3) is 0.917. The van der Waals surface area contributed by atoms with Crippen LogP contribution in [0.3, 0.4) is 0 Å². The van der Waals surface area contributed by atoms with Gasteiger partial charge in [0.25, 0.3) is 0 Å². The maximum Gasteiger partial charge on any atom is 0.101 e. The second-order valence-electron chi connectivity index (χ2n) is 4.57. The molecule has 0 aromatic carbocycles. The Morgan fingerprint density at radius 3 is 2.13 bits per heavy atom. The van der Waals surface area contributed by atoms with Gasteiger partial charge in [0.1, 0.15) is 5.84 Å². The van der Waals surface area contributed by atoms with E-state index in [0.29, 0.717) is 5.92 Å². The first kappa shape index (κ1) is 14.4. The number of nitrogens with zero attached hydrogens (tertiary/aromatic N) is 3. The molecule has 0 aromatic rings. The molecule has 0 rings (SSSR count). The topological polar surface area (TPSA) is 18.8 Å². The summed E-state index contributed by atoms with van der Waals surface area (Å²) < 4.78 is 0. The third-order valence-electron chi connectivity index (χ3n) is 2.33. The quantitative estimate of drug-likeness (QED) is 0.496. The molecule has 0 saturated carbocycles. The number of hydrogen-bond donors (Lipinski definition) is 0. The van der Waals surface area contributed by atoms with E-state index in [-0.39, 0.29) is 0 Å². The molecular formula is C12H27N3. The van der Waals surface area contributed by atoms with Gasteiger partial charge in [0.15, 0.2) is 0 Å². The molecule has 15 heavy (non-hydrogen) atoms. The minimum atomic E-state index is 0.523. The number of hydrogen-bond acceptors (Lipinski definition) is 2. The highest BCUT2D eigenvalue weighted by molar-refractivity contribution is 5.83. The van der Waals surface area contributed by atoms with E-state index in [2.05, 4.69) is 56.7 Å². The summed E-state index contributed by atoms with van der Waals surface area (Å²) >= 11 is 0. The number of aliphatic imine (C=N–C) groups is 1. The second kappa shape index (κ2) is 7.69. The molecule has 0 atom stereocenters. The Balaban J connectivity index is 4.04. The Morgan fingerprint density at radius 1 is 1.13 bits per heavy atom. The van der Waals surface area contributed by atoms with Crippen LogP contribution in [-0.2, 0) is 0 Å². The van der Waals surface area contributed by atoms with E-state index in [1.807, 2.05) is 0 Å². The monoisotopic (exact) mass is 213 g/mol. The van der Waals surface area contributed by atoms with Gasteiger partial charge < -0.3 is 9.80 Å². The predicted octanol–water partition coefficient (Wildman–Crippen LogP) is 1.94. The van der Waals surface area contributed by atoms with Gasteiger partial charge in [0, 0.05) is 26.1 Å². The lowest BCUT2D eigenvalue weighted by atomic mass is 10.2. The number of amidine groups is 1. The zero-order valence-electron chi connectivity index (χ0n) is 11.2. The third kappa shape index (κ3) is 6.50. The fourth-order valence-electron chi connectivity index (χ4n) is 1.64. The summed E-state index contributed by atoms with van der Waals surface area (Å²) in [5.41, 5.74) is 0. The highest BCUT2D eigenvalue weighted by Crippen LogP contribution is 2.03. The lowest BCUT2D eigenvalue weighted by molar-refractivity contribution is 0.365. The van der Waals surface area contributed by atoms with Crippen LogP contribution in [0.5, 0.6) is 0 Å². The van der Waals surface area contributed by atoms with Crippen molar-refractivity contribution in [1.29, 1.82) is 0 Å². The Hall–Kier alpha value is -0.570. The first-order chi connectivity index (χ1) is 6.99. The van der Waals surface area contributed by atoms with Crippen molar-refractivity contribution in [3.05, 3.63) is 0 Å². The zero-order chi connectivity index (χ0) is 11.8. The van der Waals surface area contributed by atoms with Crippen LogP contribution in [-0.4, -0.2) is 56.4 Å². The molecule has 0 aliphatic rings. The summed E-state index contributed by atoms with van der Waals surface area (Å²) in [4.78, 5) is 9.06. The summed E-state index contributed by atoms with van der Waals surface area (Å²) in [6.45, 7) is 9.62. The van der Waals surface area contributed by atoms with E-state index < -0.39 is 0 Å². The molecule has 0 aliphatic heterocycles. The molecule has 0 N–H and O–H groups in total. The van der Waals surface area contributed by atoms with Crippen molar-refractivity contribution in [3.8, 4) is 0 Å². The molecule has 90 valence electrons. The van der Waals surface area contributed by atoms with Gasteiger partial charge in [-0.3, -0.25) is 4.99 Å². The summed E-state index contributed by atoms with van der Waals surface area (Å²) in [5.74, 6) is 1.76. The summed E-state index contributed by atoms with van der Waals surface area (Å²) in [6, 6.07) is 0. The highest BCUT2D eigenvalue weighted by Gasteiger charge is 2.09. The largest absolute Gasteiger partial charge is 0.363 e. The van der Waals surface area contributed by atoms with Crippen LogP contribution in [0.1, 0.15) is 27.2 Å². The van der Waals surface area contributed by atoms with E-state index >= 15 is 0 Å². The average molecular weight is 213 g/mol. The van der Waals surface area contributed by atoms with Gasteiger partial charge in [-0.2, -0.15) is 0 Å². The summed E-state index contributed by atoms with van der Waals surface area (Å²) in [7, 11) is 6.37. The van der Waals surface area contributed by atoms with Gasteiger partial charge in [0.2, 0.25) is 0 Å². The fourth-order valence-corrected chi connectivity index (χ4v) is 1.64. The molecule has 0 unspecified atom stereocenters. The van der Waals surface area contributed by atoms with Crippen LogP contribution in [0.4, 0.5) is 0 Å². The van der Waals surface area contributed by atoms with Crippen LogP contribution in [0.15, 0.2) is 4.99 Å². The molecule has 0 amide bonds. The van der Waals surface area contributed by atoms with Crippen molar-refractivity contribution >= 4 is 5.84 Å². The SMILES string of the molecule is CC/N=C(\C(C)C)N(C)CCCN(C)C. The van der Waals surface area contributed by atoms with Crippen molar-refractivity contribution in [3.63, 3.8) is 0 Å². The molecule has 0 aliphatic carbocycles. The molecule has 3 nitrogen and oxygen atoms in total. The maximum atomic E-state index is 4.55.